The van der Waals surface area contributed by atoms with Gasteiger partial charge in [-0.25, -0.2) is 27.8 Å². The van der Waals surface area contributed by atoms with Crippen LogP contribution in [0.5, 0.6) is 5.75 Å². The molecule has 0 aliphatic rings. The molecule has 13 heteroatoms. The van der Waals surface area contributed by atoms with Crippen LogP contribution >= 0.6 is 27.3 Å². The number of benzene rings is 2. The standard InChI is InChI=1S/C29H28BrFN6O3S2/c1-4-37(42(38,39)18(2)3)14-28-36-26(16-41-28)24-12-22-25(13-32-24)33-17-34-29(22)35-21-8-9-27(23(30)11-21)40-15-19-6-5-7-20(31)10-19/h5-13,16-18H,4,14-15H2,1-3H3,(H,33,34,35). The van der Waals surface area contributed by atoms with Gasteiger partial charge < -0.3 is 10.1 Å². The molecule has 0 aliphatic carbocycles. The fourth-order valence-corrected chi connectivity index (χ4v) is 6.79. The highest BCUT2D eigenvalue weighted by Gasteiger charge is 2.25. The van der Waals surface area contributed by atoms with Crippen molar-refractivity contribution in [1.29, 1.82) is 0 Å². The van der Waals surface area contributed by atoms with Crippen LogP contribution in [0.4, 0.5) is 15.9 Å². The van der Waals surface area contributed by atoms with E-state index in [1.165, 1.54) is 34.1 Å². The summed E-state index contributed by atoms with van der Waals surface area (Å²) in [4.78, 5) is 18.0. The molecule has 5 aromatic rings. The Bertz CT molecular complexity index is 1830. The van der Waals surface area contributed by atoms with E-state index in [-0.39, 0.29) is 19.0 Å². The first-order valence-electron chi connectivity index (χ1n) is 13.1. The number of thiazole rings is 1. The van der Waals surface area contributed by atoms with Gasteiger partial charge in [-0.2, -0.15) is 4.31 Å². The molecule has 0 saturated carbocycles. The van der Waals surface area contributed by atoms with Gasteiger partial charge >= 0.3 is 0 Å². The molecule has 42 heavy (non-hydrogen) atoms. The summed E-state index contributed by atoms with van der Waals surface area (Å²) in [7, 11) is -3.40. The summed E-state index contributed by atoms with van der Waals surface area (Å²) in [5, 5.41) is 6.13. The van der Waals surface area contributed by atoms with Gasteiger partial charge in [0, 0.05) is 23.0 Å². The molecule has 0 radical (unpaired) electrons. The van der Waals surface area contributed by atoms with Crippen LogP contribution in [0.25, 0.3) is 22.3 Å². The third-order valence-corrected chi connectivity index (χ3v) is 10.2. The van der Waals surface area contributed by atoms with E-state index in [0.717, 1.165) is 21.1 Å². The van der Waals surface area contributed by atoms with Crippen molar-refractivity contribution in [2.75, 3.05) is 11.9 Å². The zero-order valence-electron chi connectivity index (χ0n) is 23.1. The molecular weight excluding hydrogens is 643 g/mol. The number of sulfonamides is 1. The van der Waals surface area contributed by atoms with Crippen LogP contribution in [-0.2, 0) is 23.2 Å². The predicted molar refractivity (Wildman–Crippen MR) is 167 cm³/mol. The van der Waals surface area contributed by atoms with Crippen molar-refractivity contribution in [2.45, 2.75) is 39.2 Å². The van der Waals surface area contributed by atoms with Crippen molar-refractivity contribution < 1.29 is 17.5 Å². The Labute approximate surface area is 256 Å². The minimum atomic E-state index is -3.40. The Hall–Kier alpha value is -3.52. The molecule has 3 aromatic heterocycles. The van der Waals surface area contributed by atoms with E-state index in [1.54, 1.807) is 32.2 Å². The number of aromatic nitrogens is 4. The largest absolute Gasteiger partial charge is 0.488 e. The molecule has 9 nitrogen and oxygen atoms in total. The average Bonchev–Trinajstić information content (AvgIpc) is 3.44. The van der Waals surface area contributed by atoms with Gasteiger partial charge in [0.15, 0.2) is 0 Å². The Morgan fingerprint density at radius 3 is 2.67 bits per heavy atom. The zero-order valence-corrected chi connectivity index (χ0v) is 26.3. The van der Waals surface area contributed by atoms with Crippen molar-refractivity contribution in [1.82, 2.24) is 24.2 Å². The first-order valence-corrected chi connectivity index (χ1v) is 16.3. The van der Waals surface area contributed by atoms with E-state index in [9.17, 15) is 12.8 Å². The van der Waals surface area contributed by atoms with Crippen molar-refractivity contribution >= 4 is 59.7 Å². The SMILES string of the molecule is CCN(Cc1nc(-c2cc3c(Nc4ccc(OCc5cccc(F)c5)c(Br)c4)ncnc3cn2)cs1)S(=O)(=O)C(C)C. The molecule has 2 aromatic carbocycles. The van der Waals surface area contributed by atoms with Crippen LogP contribution in [0.3, 0.4) is 0 Å². The third-order valence-electron chi connectivity index (χ3n) is 6.43. The zero-order chi connectivity index (χ0) is 29.9. The van der Waals surface area contributed by atoms with Gasteiger partial charge in [0.2, 0.25) is 10.0 Å². The maximum Gasteiger partial charge on any atom is 0.216 e. The molecule has 0 amide bonds. The van der Waals surface area contributed by atoms with Gasteiger partial charge in [-0.3, -0.25) is 4.98 Å². The van der Waals surface area contributed by atoms with Crippen LogP contribution in [0, 0.1) is 5.82 Å². The van der Waals surface area contributed by atoms with Crippen LogP contribution in [0.2, 0.25) is 0 Å². The Morgan fingerprint density at radius 2 is 1.93 bits per heavy atom. The van der Waals surface area contributed by atoms with Gasteiger partial charge in [-0.05, 0) is 71.7 Å². The summed E-state index contributed by atoms with van der Waals surface area (Å²) in [6.45, 7) is 5.98. The quantitative estimate of drug-likeness (QED) is 0.161. The topological polar surface area (TPSA) is 110 Å². The van der Waals surface area contributed by atoms with Crippen molar-refractivity contribution in [3.8, 4) is 17.1 Å². The van der Waals surface area contributed by atoms with E-state index in [4.69, 9.17) is 4.74 Å². The van der Waals surface area contributed by atoms with E-state index in [1.807, 2.05) is 36.6 Å². The van der Waals surface area contributed by atoms with Gasteiger partial charge in [-0.1, -0.05) is 19.1 Å². The molecule has 5 rings (SSSR count). The fourth-order valence-electron chi connectivity index (χ4n) is 4.15. The van der Waals surface area contributed by atoms with Gasteiger partial charge in [0.1, 0.15) is 35.3 Å². The number of ether oxygens (including phenoxy) is 1. The number of rotatable bonds is 11. The van der Waals surface area contributed by atoms with Crippen molar-refractivity contribution in [3.63, 3.8) is 0 Å². The first-order chi connectivity index (χ1) is 20.1. The highest BCUT2D eigenvalue weighted by atomic mass is 79.9. The number of anilines is 2. The van der Waals surface area contributed by atoms with E-state index in [0.29, 0.717) is 40.0 Å². The molecule has 1 N–H and O–H groups in total. The molecule has 0 unspecified atom stereocenters. The Morgan fingerprint density at radius 1 is 1.10 bits per heavy atom. The Kier molecular flexibility index (Phi) is 9.11. The lowest BCUT2D eigenvalue weighted by Crippen LogP contribution is -2.35. The molecule has 0 saturated heterocycles. The monoisotopic (exact) mass is 670 g/mol. The van der Waals surface area contributed by atoms with Crippen LogP contribution < -0.4 is 10.1 Å². The molecule has 3 heterocycles. The first kappa shape index (κ1) is 30.0. The minimum absolute atomic E-state index is 0.210. The summed E-state index contributed by atoms with van der Waals surface area (Å²) in [5.41, 5.74) is 3.42. The van der Waals surface area contributed by atoms with Gasteiger partial charge in [0.25, 0.3) is 0 Å². The lowest BCUT2D eigenvalue weighted by Gasteiger charge is -2.21. The van der Waals surface area contributed by atoms with E-state index >= 15 is 0 Å². The second-order valence-electron chi connectivity index (χ2n) is 9.64. The second kappa shape index (κ2) is 12.8. The van der Waals surface area contributed by atoms with E-state index in [2.05, 4.69) is 41.2 Å². The number of fused-ring (bicyclic) bond motifs is 1. The molecule has 0 aliphatic heterocycles. The maximum absolute atomic E-state index is 13.5. The fraction of sp³-hybridized carbons (Fsp3) is 0.241. The molecule has 0 atom stereocenters. The summed E-state index contributed by atoms with van der Waals surface area (Å²) < 4.78 is 46.8. The number of hydrogen-bond acceptors (Lipinski definition) is 9. The third kappa shape index (κ3) is 6.75. The highest BCUT2D eigenvalue weighted by molar-refractivity contribution is 9.10. The molecule has 0 bridgehead atoms. The summed E-state index contributed by atoms with van der Waals surface area (Å²) in [5.74, 6) is 0.895. The van der Waals surface area contributed by atoms with Crippen LogP contribution in [0.1, 0.15) is 31.3 Å². The van der Waals surface area contributed by atoms with Gasteiger partial charge in [0.05, 0.1) is 39.4 Å². The lowest BCUT2D eigenvalue weighted by molar-refractivity contribution is 0.303. The summed E-state index contributed by atoms with van der Waals surface area (Å²) >= 11 is 4.95. The van der Waals surface area contributed by atoms with Gasteiger partial charge in [-0.15, -0.1) is 11.3 Å². The number of nitrogens with zero attached hydrogens (tertiary/aromatic N) is 5. The predicted octanol–water partition coefficient (Wildman–Crippen LogP) is 6.93. The highest BCUT2D eigenvalue weighted by Crippen LogP contribution is 2.32. The normalized spacial score (nSPS) is 11.9. The summed E-state index contributed by atoms with van der Waals surface area (Å²) in [6, 6.07) is 13.7. The number of pyridine rings is 1. The molecular formula is C29H28BrFN6O3S2. The number of hydrogen-bond donors (Lipinski definition) is 1. The molecule has 0 spiro atoms. The van der Waals surface area contributed by atoms with Crippen LogP contribution in [-0.4, -0.2) is 44.5 Å². The smallest absolute Gasteiger partial charge is 0.216 e. The Balaban J connectivity index is 1.34. The maximum atomic E-state index is 13.5. The van der Waals surface area contributed by atoms with Crippen molar-refractivity contribution in [3.05, 3.63) is 87.3 Å². The lowest BCUT2D eigenvalue weighted by atomic mass is 10.2. The average molecular weight is 672 g/mol. The molecule has 0 fully saturated rings. The molecule has 218 valence electrons. The number of nitrogens with one attached hydrogen (secondary N) is 1. The summed E-state index contributed by atoms with van der Waals surface area (Å²) in [6.07, 6.45) is 3.13. The minimum Gasteiger partial charge on any atom is -0.488 e. The second-order valence-corrected chi connectivity index (χ2v) is 13.9. The number of halogens is 2. The van der Waals surface area contributed by atoms with E-state index < -0.39 is 15.3 Å². The van der Waals surface area contributed by atoms with Crippen molar-refractivity contribution in [2.24, 2.45) is 0 Å². The van der Waals surface area contributed by atoms with Crippen LogP contribution in [0.15, 0.2) is 70.9 Å².